The van der Waals surface area contributed by atoms with Gasteiger partial charge in [0.1, 0.15) is 0 Å². The second-order valence-corrected chi connectivity index (χ2v) is 5.33. The molecule has 9 heteroatoms. The molecule has 130 valence electrons. The number of aromatic amines is 1. The fourth-order valence-corrected chi connectivity index (χ4v) is 2.06. The number of nitro benzene ring substituents is 1. The van der Waals surface area contributed by atoms with Gasteiger partial charge >= 0.3 is 0 Å². The molecule has 3 rings (SSSR count). The first-order valence-electron chi connectivity index (χ1n) is 7.69. The van der Waals surface area contributed by atoms with Gasteiger partial charge in [0.15, 0.2) is 5.82 Å². The Morgan fingerprint density at radius 2 is 1.88 bits per heavy atom. The molecule has 3 aromatic rings. The minimum absolute atomic E-state index is 0.0106. The fourth-order valence-electron chi connectivity index (χ4n) is 2.06. The van der Waals surface area contributed by atoms with Crippen LogP contribution in [0.3, 0.4) is 0 Å². The van der Waals surface area contributed by atoms with Crippen LogP contribution in [0.5, 0.6) is 0 Å². The molecule has 0 saturated heterocycles. The van der Waals surface area contributed by atoms with Crippen molar-refractivity contribution in [1.29, 1.82) is 0 Å². The van der Waals surface area contributed by atoms with Gasteiger partial charge in [-0.2, -0.15) is 10.2 Å². The number of anilines is 1. The molecule has 26 heavy (non-hydrogen) atoms. The van der Waals surface area contributed by atoms with Gasteiger partial charge in [0.25, 0.3) is 5.69 Å². The van der Waals surface area contributed by atoms with Gasteiger partial charge in [0, 0.05) is 29.5 Å². The lowest BCUT2D eigenvalue weighted by molar-refractivity contribution is -0.384. The zero-order valence-corrected chi connectivity index (χ0v) is 13.8. The zero-order chi connectivity index (χ0) is 18.4. The Morgan fingerprint density at radius 3 is 2.50 bits per heavy atom. The number of azo groups is 1. The molecule has 1 aromatic heterocycles. The van der Waals surface area contributed by atoms with Crippen molar-refractivity contribution in [2.24, 2.45) is 15.3 Å². The van der Waals surface area contributed by atoms with Gasteiger partial charge < -0.3 is 0 Å². The number of nitro groups is 1. The van der Waals surface area contributed by atoms with Crippen molar-refractivity contribution in [2.75, 3.05) is 5.43 Å². The summed E-state index contributed by atoms with van der Waals surface area (Å²) in [6, 6.07) is 17.0. The normalized spacial score (nSPS) is 11.7. The average molecular weight is 349 g/mol. The maximum absolute atomic E-state index is 10.7. The molecule has 1 heterocycles. The Morgan fingerprint density at radius 1 is 1.15 bits per heavy atom. The number of nitrogens with one attached hydrogen (secondary N) is 2. The summed E-state index contributed by atoms with van der Waals surface area (Å²) in [5.41, 5.74) is 5.08. The van der Waals surface area contributed by atoms with Crippen molar-refractivity contribution in [3.05, 3.63) is 82.0 Å². The second kappa shape index (κ2) is 7.79. The van der Waals surface area contributed by atoms with E-state index < -0.39 is 4.92 Å². The molecular formula is C17H15N7O2. The summed E-state index contributed by atoms with van der Waals surface area (Å²) >= 11 is 0. The Labute approximate surface area is 148 Å². The minimum atomic E-state index is -0.456. The molecule has 2 N–H and O–H groups in total. The number of aryl methyl sites for hydroxylation is 1. The highest BCUT2D eigenvalue weighted by atomic mass is 16.6. The van der Waals surface area contributed by atoms with Gasteiger partial charge in [-0.1, -0.05) is 30.3 Å². The van der Waals surface area contributed by atoms with E-state index in [1.807, 2.05) is 37.3 Å². The molecule has 9 nitrogen and oxygen atoms in total. The van der Waals surface area contributed by atoms with Gasteiger partial charge in [0.2, 0.25) is 5.84 Å². The van der Waals surface area contributed by atoms with Crippen LogP contribution in [0.25, 0.3) is 0 Å². The summed E-state index contributed by atoms with van der Waals surface area (Å²) in [6.45, 7) is 1.87. The number of non-ortho nitro benzene ring substituents is 1. The fraction of sp³-hybridized carbons (Fsp3) is 0.0588. The molecule has 0 spiro atoms. The van der Waals surface area contributed by atoms with E-state index in [4.69, 9.17) is 0 Å². The van der Waals surface area contributed by atoms with Crippen LogP contribution in [0.1, 0.15) is 11.3 Å². The van der Waals surface area contributed by atoms with Gasteiger partial charge in [0.05, 0.1) is 10.6 Å². The minimum Gasteiger partial charge on any atom is -0.281 e. The van der Waals surface area contributed by atoms with Gasteiger partial charge in [-0.05, 0) is 19.1 Å². The van der Waals surface area contributed by atoms with Gasteiger partial charge in [-0.15, -0.1) is 10.2 Å². The lowest BCUT2D eigenvalue weighted by Gasteiger charge is -2.03. The van der Waals surface area contributed by atoms with Crippen molar-refractivity contribution < 1.29 is 4.92 Å². The van der Waals surface area contributed by atoms with Crippen LogP contribution in [-0.4, -0.2) is 21.0 Å². The summed E-state index contributed by atoms with van der Waals surface area (Å²) in [5.74, 6) is 0.797. The van der Waals surface area contributed by atoms with E-state index in [2.05, 4.69) is 31.0 Å². The third-order valence-electron chi connectivity index (χ3n) is 3.34. The molecule has 0 atom stereocenters. The number of rotatable bonds is 5. The number of nitrogens with zero attached hydrogens (tertiary/aromatic N) is 5. The van der Waals surface area contributed by atoms with Crippen LogP contribution < -0.4 is 5.43 Å². The first kappa shape index (κ1) is 17.0. The highest BCUT2D eigenvalue weighted by molar-refractivity contribution is 5.99. The number of hydrazone groups is 1. The van der Waals surface area contributed by atoms with Crippen LogP contribution in [0.4, 0.5) is 17.2 Å². The van der Waals surface area contributed by atoms with Crippen molar-refractivity contribution in [3.63, 3.8) is 0 Å². The van der Waals surface area contributed by atoms with E-state index in [0.29, 0.717) is 17.3 Å². The van der Waals surface area contributed by atoms with Crippen molar-refractivity contribution in [2.45, 2.75) is 6.92 Å². The number of H-pyrrole nitrogens is 1. The monoisotopic (exact) mass is 349 g/mol. The standard InChI is InChI=1S/C17H15N7O2/c1-12-11-16(20-18-12)21-23-17(13-5-3-2-4-6-13)22-19-14-7-9-15(10-8-14)24(25)26/h2-11,19H,1H3,(H,18,20)/b22-17-,23-21?. The smallest absolute Gasteiger partial charge is 0.269 e. The van der Waals surface area contributed by atoms with E-state index in [0.717, 1.165) is 11.3 Å². The van der Waals surface area contributed by atoms with Crippen LogP contribution >= 0.6 is 0 Å². The van der Waals surface area contributed by atoms with Crippen LogP contribution in [0.15, 0.2) is 76.0 Å². The predicted molar refractivity (Wildman–Crippen MR) is 97.5 cm³/mol. The highest BCUT2D eigenvalue weighted by Crippen LogP contribution is 2.16. The maximum Gasteiger partial charge on any atom is 0.269 e. The molecule has 0 bridgehead atoms. The van der Waals surface area contributed by atoms with E-state index in [1.54, 1.807) is 18.2 Å². The van der Waals surface area contributed by atoms with Gasteiger partial charge in [-0.3, -0.25) is 20.6 Å². The van der Waals surface area contributed by atoms with Crippen molar-refractivity contribution >= 4 is 23.0 Å². The Balaban J connectivity index is 1.83. The SMILES string of the molecule is Cc1cc(N=N/C(=N\Nc2ccc([N+](=O)[O-])cc2)c2ccccc2)n[nH]1. The Kier molecular flexibility index (Phi) is 5.08. The topological polar surface area (TPSA) is 121 Å². The number of amidine groups is 1. The third-order valence-corrected chi connectivity index (χ3v) is 3.34. The van der Waals surface area contributed by atoms with Crippen LogP contribution in [0, 0.1) is 17.0 Å². The zero-order valence-electron chi connectivity index (χ0n) is 13.8. The molecule has 0 radical (unpaired) electrons. The summed E-state index contributed by atoms with van der Waals surface area (Å²) in [6.07, 6.45) is 0. The molecule has 0 amide bonds. The number of aromatic nitrogens is 2. The average Bonchev–Trinajstić information content (AvgIpc) is 3.08. The molecule has 0 aliphatic rings. The van der Waals surface area contributed by atoms with E-state index in [1.165, 1.54) is 12.1 Å². The summed E-state index contributed by atoms with van der Waals surface area (Å²) in [4.78, 5) is 10.3. The second-order valence-electron chi connectivity index (χ2n) is 5.33. The third kappa shape index (κ3) is 4.35. The quantitative estimate of drug-likeness (QED) is 0.236. The maximum atomic E-state index is 10.7. The summed E-state index contributed by atoms with van der Waals surface area (Å²) in [5, 5.41) is 30.0. The van der Waals surface area contributed by atoms with E-state index in [9.17, 15) is 10.1 Å². The van der Waals surface area contributed by atoms with Crippen LogP contribution in [-0.2, 0) is 0 Å². The van der Waals surface area contributed by atoms with Crippen LogP contribution in [0.2, 0.25) is 0 Å². The molecule has 2 aromatic carbocycles. The summed E-state index contributed by atoms with van der Waals surface area (Å²) in [7, 11) is 0. The Hall–Kier alpha value is -3.88. The highest BCUT2D eigenvalue weighted by Gasteiger charge is 2.05. The molecular weight excluding hydrogens is 334 g/mol. The number of hydrogen-bond acceptors (Lipinski definition) is 6. The molecule has 0 aliphatic heterocycles. The molecule has 0 saturated carbocycles. The predicted octanol–water partition coefficient (Wildman–Crippen LogP) is 4.18. The number of hydrogen-bond donors (Lipinski definition) is 2. The summed E-state index contributed by atoms with van der Waals surface area (Å²) < 4.78 is 0. The lowest BCUT2D eigenvalue weighted by atomic mass is 10.2. The van der Waals surface area contributed by atoms with Crippen molar-refractivity contribution in [3.8, 4) is 0 Å². The van der Waals surface area contributed by atoms with E-state index in [-0.39, 0.29) is 5.69 Å². The Bertz CT molecular complexity index is 947. The van der Waals surface area contributed by atoms with Crippen molar-refractivity contribution in [1.82, 2.24) is 10.2 Å². The molecule has 0 fully saturated rings. The largest absolute Gasteiger partial charge is 0.281 e. The lowest BCUT2D eigenvalue weighted by Crippen LogP contribution is -2.01. The van der Waals surface area contributed by atoms with E-state index >= 15 is 0 Å². The van der Waals surface area contributed by atoms with Gasteiger partial charge in [-0.25, -0.2) is 0 Å². The molecule has 0 unspecified atom stereocenters. The first-order chi connectivity index (χ1) is 12.6. The molecule has 0 aliphatic carbocycles. The first-order valence-corrected chi connectivity index (χ1v) is 7.69. The number of benzene rings is 2.